The van der Waals surface area contributed by atoms with Gasteiger partial charge < -0.3 is 14.2 Å². The van der Waals surface area contributed by atoms with Crippen LogP contribution in [0.25, 0.3) is 0 Å². The number of nitrogens with zero attached hydrogens (tertiary/aromatic N) is 1. The van der Waals surface area contributed by atoms with E-state index in [0.717, 1.165) is 43.5 Å². The summed E-state index contributed by atoms with van der Waals surface area (Å²) >= 11 is 0. The lowest BCUT2D eigenvalue weighted by atomic mass is 9.91. The topological polar surface area (TPSA) is 48.0 Å². The second-order valence-electron chi connectivity index (χ2n) is 10.3. The number of ether oxygens (including phenoxy) is 3. The van der Waals surface area contributed by atoms with Gasteiger partial charge in [0.2, 0.25) is 0 Å². The summed E-state index contributed by atoms with van der Waals surface area (Å²) in [5, 5.41) is 0. The Morgan fingerprint density at radius 2 is 1.62 bits per heavy atom. The van der Waals surface area contributed by atoms with Gasteiger partial charge >= 0.3 is 5.97 Å². The molecule has 208 valence electrons. The molecule has 0 saturated carbocycles. The summed E-state index contributed by atoms with van der Waals surface area (Å²) in [7, 11) is 2.21. The quantitative estimate of drug-likeness (QED) is 0.242. The maximum Gasteiger partial charge on any atom is 0.335 e. The van der Waals surface area contributed by atoms with Gasteiger partial charge in [0.15, 0.2) is 6.10 Å². The average Bonchev–Trinajstić information content (AvgIpc) is 3.10. The van der Waals surface area contributed by atoms with Crippen LogP contribution in [0.4, 0.5) is 0 Å². The van der Waals surface area contributed by atoms with Crippen LogP contribution in [0.3, 0.4) is 0 Å². The zero-order valence-electron chi connectivity index (χ0n) is 23.9. The van der Waals surface area contributed by atoms with Crippen LogP contribution in [-0.2, 0) is 40.0 Å². The maximum atomic E-state index is 12.2. The van der Waals surface area contributed by atoms with Crippen molar-refractivity contribution < 1.29 is 19.0 Å². The van der Waals surface area contributed by atoms with Crippen LogP contribution in [0.2, 0.25) is 0 Å². The molecule has 0 fully saturated rings. The molecule has 39 heavy (non-hydrogen) atoms. The molecule has 0 amide bonds. The van der Waals surface area contributed by atoms with E-state index in [9.17, 15) is 4.79 Å². The van der Waals surface area contributed by atoms with Crippen LogP contribution in [0, 0.1) is 0 Å². The highest BCUT2D eigenvalue weighted by atomic mass is 16.6. The van der Waals surface area contributed by atoms with E-state index >= 15 is 0 Å². The predicted octanol–water partition coefficient (Wildman–Crippen LogP) is 6.35. The number of likely N-dealkylation sites (N-methyl/N-ethyl adjacent to an activating group) is 1. The maximum absolute atomic E-state index is 12.2. The molecule has 5 heteroatoms. The molecule has 0 aromatic heterocycles. The first-order valence-electron chi connectivity index (χ1n) is 14.4. The lowest BCUT2D eigenvalue weighted by Crippen LogP contribution is -2.30. The van der Waals surface area contributed by atoms with Crippen molar-refractivity contribution in [2.75, 3.05) is 33.4 Å². The molecule has 0 heterocycles. The Morgan fingerprint density at radius 3 is 2.33 bits per heavy atom. The van der Waals surface area contributed by atoms with Crippen LogP contribution >= 0.6 is 0 Å². The van der Waals surface area contributed by atoms with E-state index in [1.165, 1.54) is 27.8 Å². The molecule has 2 atom stereocenters. The second kappa shape index (κ2) is 14.3. The van der Waals surface area contributed by atoms with Crippen molar-refractivity contribution in [1.82, 2.24) is 4.90 Å². The highest BCUT2D eigenvalue weighted by Gasteiger charge is 2.27. The van der Waals surface area contributed by atoms with Crippen molar-refractivity contribution in [2.45, 2.75) is 65.0 Å². The smallest absolute Gasteiger partial charge is 0.335 e. The SMILES string of the molecule is CCCc1ccc2c(c1)C(N(C)CCOc1ccc(CC(OCC)C(=O)OCC)cc1)c1ccccc1CC2. The van der Waals surface area contributed by atoms with Crippen LogP contribution in [-0.4, -0.2) is 50.4 Å². The summed E-state index contributed by atoms with van der Waals surface area (Å²) < 4.78 is 16.9. The summed E-state index contributed by atoms with van der Waals surface area (Å²) in [6, 6.07) is 24.1. The molecule has 3 aromatic rings. The number of aryl methyl sites for hydroxylation is 3. The highest BCUT2D eigenvalue weighted by Crippen LogP contribution is 2.36. The molecule has 0 bridgehead atoms. The lowest BCUT2D eigenvalue weighted by Gasteiger charge is -2.30. The van der Waals surface area contributed by atoms with Crippen LogP contribution in [0.1, 0.15) is 66.6 Å². The van der Waals surface area contributed by atoms with Gasteiger partial charge in [0, 0.05) is 19.6 Å². The number of fused-ring (bicyclic) bond motifs is 2. The molecule has 0 N–H and O–H groups in total. The van der Waals surface area contributed by atoms with Gasteiger partial charge in [-0.05, 0) is 85.7 Å². The van der Waals surface area contributed by atoms with E-state index < -0.39 is 6.10 Å². The van der Waals surface area contributed by atoms with Gasteiger partial charge in [-0.2, -0.15) is 0 Å². The van der Waals surface area contributed by atoms with Gasteiger partial charge in [-0.25, -0.2) is 4.79 Å². The predicted molar refractivity (Wildman–Crippen MR) is 156 cm³/mol. The Kier molecular flexibility index (Phi) is 10.6. The molecular weight excluding hydrogens is 486 g/mol. The molecule has 0 saturated heterocycles. The third-order valence-electron chi connectivity index (χ3n) is 7.47. The summed E-state index contributed by atoms with van der Waals surface area (Å²) in [5.74, 6) is 0.509. The van der Waals surface area contributed by atoms with Crippen LogP contribution in [0.5, 0.6) is 5.75 Å². The van der Waals surface area contributed by atoms with Crippen molar-refractivity contribution in [2.24, 2.45) is 0 Å². The lowest BCUT2D eigenvalue weighted by molar-refractivity contribution is -0.156. The third-order valence-corrected chi connectivity index (χ3v) is 7.47. The summed E-state index contributed by atoms with van der Waals surface area (Å²) in [6.45, 7) is 8.14. The average molecular weight is 530 g/mol. The number of carbonyl (C=O) groups excluding carboxylic acids is 1. The van der Waals surface area contributed by atoms with Crippen molar-refractivity contribution in [3.63, 3.8) is 0 Å². The van der Waals surface area contributed by atoms with E-state index in [1.54, 1.807) is 0 Å². The molecule has 1 aliphatic rings. The summed E-state index contributed by atoms with van der Waals surface area (Å²) in [6.07, 6.45) is 4.30. The first-order chi connectivity index (χ1) is 19.0. The van der Waals surface area contributed by atoms with Gasteiger partial charge in [-0.3, -0.25) is 4.90 Å². The van der Waals surface area contributed by atoms with Crippen molar-refractivity contribution in [3.8, 4) is 5.75 Å². The molecule has 3 aromatic carbocycles. The van der Waals surface area contributed by atoms with E-state index in [0.29, 0.717) is 26.2 Å². The standard InChI is InChI=1S/C34H43NO4/c1-5-10-25-13-16-28-18-17-27-11-8-9-12-30(27)33(31(28)23-25)35(4)21-22-39-29-19-14-26(15-20-29)24-32(37-6-2)34(36)38-7-3/h8-9,11-16,19-20,23,32-33H,5-7,10,17-18,21-22,24H2,1-4H3. The minimum absolute atomic E-state index is 0.208. The largest absolute Gasteiger partial charge is 0.492 e. The van der Waals surface area contributed by atoms with Gasteiger partial charge in [-0.1, -0.05) is 67.9 Å². The first-order valence-corrected chi connectivity index (χ1v) is 14.4. The number of hydrogen-bond acceptors (Lipinski definition) is 5. The Morgan fingerprint density at radius 1 is 0.897 bits per heavy atom. The molecule has 5 nitrogen and oxygen atoms in total. The molecule has 0 aliphatic heterocycles. The van der Waals surface area contributed by atoms with Gasteiger partial charge in [0.05, 0.1) is 12.6 Å². The van der Waals surface area contributed by atoms with Gasteiger partial charge in [0.1, 0.15) is 12.4 Å². The van der Waals surface area contributed by atoms with Crippen LogP contribution < -0.4 is 4.74 Å². The van der Waals surface area contributed by atoms with Crippen molar-refractivity contribution >= 4 is 5.97 Å². The summed E-state index contributed by atoms with van der Waals surface area (Å²) in [5.41, 5.74) is 8.16. The molecule has 4 rings (SSSR count). The van der Waals surface area contributed by atoms with E-state index in [2.05, 4.69) is 61.3 Å². The molecule has 1 aliphatic carbocycles. The molecule has 0 spiro atoms. The number of esters is 1. The molecule has 0 radical (unpaired) electrons. The number of benzene rings is 3. The minimum Gasteiger partial charge on any atom is -0.492 e. The van der Waals surface area contributed by atoms with E-state index in [-0.39, 0.29) is 12.0 Å². The normalized spacial score (nSPS) is 15.3. The number of rotatable bonds is 13. The van der Waals surface area contributed by atoms with E-state index in [4.69, 9.17) is 14.2 Å². The zero-order chi connectivity index (χ0) is 27.6. The molecule has 2 unspecified atom stereocenters. The summed E-state index contributed by atoms with van der Waals surface area (Å²) in [4.78, 5) is 14.6. The first kappa shape index (κ1) is 28.8. The van der Waals surface area contributed by atoms with Crippen molar-refractivity contribution in [3.05, 3.63) is 100 Å². The monoisotopic (exact) mass is 529 g/mol. The Bertz CT molecular complexity index is 1210. The highest BCUT2D eigenvalue weighted by molar-refractivity contribution is 5.75. The van der Waals surface area contributed by atoms with Gasteiger partial charge in [-0.15, -0.1) is 0 Å². The zero-order valence-corrected chi connectivity index (χ0v) is 23.9. The minimum atomic E-state index is -0.585. The fourth-order valence-corrected chi connectivity index (χ4v) is 5.53. The Hall–Kier alpha value is -3.15. The third kappa shape index (κ3) is 7.49. The Labute approximate surface area is 234 Å². The fraction of sp³-hybridized carbons (Fsp3) is 0.441. The number of hydrogen-bond donors (Lipinski definition) is 0. The van der Waals surface area contributed by atoms with E-state index in [1.807, 2.05) is 38.1 Å². The number of carbonyl (C=O) groups is 1. The van der Waals surface area contributed by atoms with Crippen LogP contribution in [0.15, 0.2) is 66.7 Å². The van der Waals surface area contributed by atoms with Gasteiger partial charge in [0.25, 0.3) is 0 Å². The van der Waals surface area contributed by atoms with Crippen molar-refractivity contribution in [1.29, 1.82) is 0 Å². The second-order valence-corrected chi connectivity index (χ2v) is 10.3. The molecular formula is C34H43NO4. The Balaban J connectivity index is 1.42. The fourth-order valence-electron chi connectivity index (χ4n) is 5.53.